The van der Waals surface area contributed by atoms with Gasteiger partial charge in [0.1, 0.15) is 6.61 Å². The molecule has 1 aromatic carbocycles. The third-order valence-electron chi connectivity index (χ3n) is 2.28. The number of rotatable bonds is 5. The minimum absolute atomic E-state index is 0.163. The van der Waals surface area contributed by atoms with Gasteiger partial charge in [0.15, 0.2) is 11.6 Å². The molecule has 0 saturated carbocycles. The predicted octanol–water partition coefficient (Wildman–Crippen LogP) is 2.63. The summed E-state index contributed by atoms with van der Waals surface area (Å²) in [5.41, 5.74) is 1.01. The lowest BCUT2D eigenvalue weighted by molar-refractivity contribution is 0.280. The molecular weight excluding hydrogens is 233 g/mol. The van der Waals surface area contributed by atoms with E-state index in [1.54, 1.807) is 0 Å². The van der Waals surface area contributed by atoms with E-state index in [9.17, 15) is 4.39 Å². The molecule has 0 aliphatic heterocycles. The Morgan fingerprint density at radius 1 is 1.28 bits per heavy atom. The van der Waals surface area contributed by atoms with Crippen LogP contribution in [0.2, 0.25) is 0 Å². The highest BCUT2D eigenvalue weighted by Crippen LogP contribution is 2.14. The van der Waals surface area contributed by atoms with Gasteiger partial charge in [-0.2, -0.15) is 4.98 Å². The summed E-state index contributed by atoms with van der Waals surface area (Å²) in [6.07, 6.45) is 1.10. The van der Waals surface area contributed by atoms with Gasteiger partial charge in [0, 0.05) is 6.54 Å². The van der Waals surface area contributed by atoms with E-state index in [1.165, 1.54) is 0 Å². The summed E-state index contributed by atoms with van der Waals surface area (Å²) >= 11 is 0. The highest BCUT2D eigenvalue weighted by atomic mass is 19.1. The molecule has 1 N–H and O–H groups in total. The molecule has 2 rings (SSSR count). The van der Waals surface area contributed by atoms with Crippen LogP contribution in [-0.4, -0.2) is 16.5 Å². The fourth-order valence-corrected chi connectivity index (χ4v) is 1.43. The van der Waals surface area contributed by atoms with Crippen LogP contribution in [-0.2, 0) is 6.61 Å². The number of aromatic nitrogens is 2. The zero-order valence-corrected chi connectivity index (χ0v) is 10.1. The minimum Gasteiger partial charge on any atom is -0.459 e. The average Bonchev–Trinajstić information content (AvgIpc) is 2.41. The minimum atomic E-state index is -0.482. The van der Waals surface area contributed by atoms with Gasteiger partial charge in [0.25, 0.3) is 0 Å². The summed E-state index contributed by atoms with van der Waals surface area (Å²) in [4.78, 5) is 7.75. The topological polar surface area (TPSA) is 47.0 Å². The smallest absolute Gasteiger partial charge is 0.318 e. The zero-order chi connectivity index (χ0) is 12.8. The van der Waals surface area contributed by atoms with E-state index in [1.807, 2.05) is 37.3 Å². The Hall–Kier alpha value is -2.17. The molecule has 0 unspecified atom stereocenters. The van der Waals surface area contributed by atoms with Crippen LogP contribution in [0.5, 0.6) is 6.01 Å². The number of anilines is 1. The van der Waals surface area contributed by atoms with Crippen molar-refractivity contribution in [1.82, 2.24) is 9.97 Å². The van der Waals surface area contributed by atoms with E-state index in [0.29, 0.717) is 13.2 Å². The van der Waals surface area contributed by atoms with Crippen molar-refractivity contribution < 1.29 is 9.13 Å². The molecule has 2 aromatic rings. The van der Waals surface area contributed by atoms with Gasteiger partial charge in [0.05, 0.1) is 6.20 Å². The second-order valence-corrected chi connectivity index (χ2v) is 3.65. The van der Waals surface area contributed by atoms with Gasteiger partial charge in [-0.1, -0.05) is 30.3 Å². The van der Waals surface area contributed by atoms with Crippen LogP contribution in [0.1, 0.15) is 12.5 Å². The Morgan fingerprint density at radius 3 is 2.78 bits per heavy atom. The lowest BCUT2D eigenvalue weighted by Gasteiger charge is -2.07. The van der Waals surface area contributed by atoms with Crippen LogP contribution in [0.3, 0.4) is 0 Å². The number of halogens is 1. The number of hydrogen-bond acceptors (Lipinski definition) is 4. The monoisotopic (exact) mass is 247 g/mol. The lowest BCUT2D eigenvalue weighted by Crippen LogP contribution is -2.06. The van der Waals surface area contributed by atoms with Crippen LogP contribution in [0, 0.1) is 5.82 Å². The Morgan fingerprint density at radius 2 is 2.06 bits per heavy atom. The largest absolute Gasteiger partial charge is 0.459 e. The molecule has 0 saturated heterocycles. The SMILES string of the molecule is CCNc1nc(OCc2ccccc2)ncc1F. The molecule has 94 valence electrons. The maximum Gasteiger partial charge on any atom is 0.318 e. The van der Waals surface area contributed by atoms with E-state index in [4.69, 9.17) is 4.74 Å². The van der Waals surface area contributed by atoms with Crippen molar-refractivity contribution in [1.29, 1.82) is 0 Å². The highest BCUT2D eigenvalue weighted by molar-refractivity contribution is 5.35. The predicted molar refractivity (Wildman–Crippen MR) is 66.9 cm³/mol. The van der Waals surface area contributed by atoms with E-state index in [2.05, 4.69) is 15.3 Å². The summed E-state index contributed by atoms with van der Waals surface area (Å²) in [6, 6.07) is 9.82. The van der Waals surface area contributed by atoms with E-state index >= 15 is 0 Å². The quantitative estimate of drug-likeness (QED) is 0.882. The van der Waals surface area contributed by atoms with Crippen LogP contribution in [0.4, 0.5) is 10.2 Å². The van der Waals surface area contributed by atoms with Crippen LogP contribution >= 0.6 is 0 Å². The van der Waals surface area contributed by atoms with E-state index in [0.717, 1.165) is 11.8 Å². The fraction of sp³-hybridized carbons (Fsp3) is 0.231. The second kappa shape index (κ2) is 5.95. The molecule has 0 amide bonds. The van der Waals surface area contributed by atoms with Crippen LogP contribution in [0.25, 0.3) is 0 Å². The molecule has 0 fully saturated rings. The van der Waals surface area contributed by atoms with Gasteiger partial charge in [0.2, 0.25) is 0 Å². The highest BCUT2D eigenvalue weighted by Gasteiger charge is 2.06. The lowest BCUT2D eigenvalue weighted by atomic mass is 10.2. The summed E-state index contributed by atoms with van der Waals surface area (Å²) in [7, 11) is 0. The second-order valence-electron chi connectivity index (χ2n) is 3.65. The number of ether oxygens (including phenoxy) is 1. The van der Waals surface area contributed by atoms with Crippen LogP contribution in [0.15, 0.2) is 36.5 Å². The zero-order valence-electron chi connectivity index (χ0n) is 10.1. The molecule has 18 heavy (non-hydrogen) atoms. The van der Waals surface area contributed by atoms with Gasteiger partial charge in [-0.25, -0.2) is 9.37 Å². The summed E-state index contributed by atoms with van der Waals surface area (Å²) in [5.74, 6) is -0.320. The van der Waals surface area contributed by atoms with Crippen LogP contribution < -0.4 is 10.1 Å². The molecular formula is C13H14FN3O. The molecule has 5 heteroatoms. The molecule has 0 atom stereocenters. The third-order valence-corrected chi connectivity index (χ3v) is 2.28. The van der Waals surface area contributed by atoms with Gasteiger partial charge >= 0.3 is 6.01 Å². The molecule has 0 radical (unpaired) electrons. The normalized spacial score (nSPS) is 10.1. The Balaban J connectivity index is 2.03. The van der Waals surface area contributed by atoms with Crippen molar-refractivity contribution in [3.8, 4) is 6.01 Å². The molecule has 1 aromatic heterocycles. The van der Waals surface area contributed by atoms with Crippen molar-refractivity contribution in [3.05, 3.63) is 47.9 Å². The maximum atomic E-state index is 13.3. The first-order valence-electron chi connectivity index (χ1n) is 5.72. The first-order chi connectivity index (χ1) is 8.79. The van der Waals surface area contributed by atoms with E-state index in [-0.39, 0.29) is 11.8 Å². The van der Waals surface area contributed by atoms with Crippen molar-refractivity contribution in [2.24, 2.45) is 0 Å². The summed E-state index contributed by atoms with van der Waals surface area (Å²) in [5, 5.41) is 2.81. The molecule has 0 spiro atoms. The average molecular weight is 247 g/mol. The number of nitrogens with one attached hydrogen (secondary N) is 1. The first kappa shape index (κ1) is 12.3. The van der Waals surface area contributed by atoms with Gasteiger partial charge in [-0.15, -0.1) is 0 Å². The number of benzene rings is 1. The maximum absolute atomic E-state index is 13.3. The Bertz CT molecular complexity index is 505. The summed E-state index contributed by atoms with van der Waals surface area (Å²) in [6.45, 7) is 2.82. The third kappa shape index (κ3) is 3.16. The van der Waals surface area contributed by atoms with Gasteiger partial charge in [-0.3, -0.25) is 0 Å². The molecule has 0 aliphatic rings. The summed E-state index contributed by atoms with van der Waals surface area (Å²) < 4.78 is 18.7. The first-order valence-corrected chi connectivity index (χ1v) is 5.72. The standard InChI is InChI=1S/C13H14FN3O/c1-2-15-12-11(14)8-16-13(17-12)18-9-10-6-4-3-5-7-10/h3-8H,2,9H2,1H3,(H,15,16,17). The van der Waals surface area contributed by atoms with Crippen molar-refractivity contribution >= 4 is 5.82 Å². The molecule has 4 nitrogen and oxygen atoms in total. The van der Waals surface area contributed by atoms with Crippen molar-refractivity contribution in [2.45, 2.75) is 13.5 Å². The van der Waals surface area contributed by atoms with Crippen molar-refractivity contribution in [3.63, 3.8) is 0 Å². The molecule has 0 bridgehead atoms. The molecule has 1 heterocycles. The molecule has 0 aliphatic carbocycles. The van der Waals surface area contributed by atoms with E-state index < -0.39 is 5.82 Å². The Kier molecular flexibility index (Phi) is 4.06. The van der Waals surface area contributed by atoms with Crippen molar-refractivity contribution in [2.75, 3.05) is 11.9 Å². The van der Waals surface area contributed by atoms with Gasteiger partial charge < -0.3 is 10.1 Å². The number of hydrogen-bond donors (Lipinski definition) is 1. The number of nitrogens with zero attached hydrogens (tertiary/aromatic N) is 2. The fourth-order valence-electron chi connectivity index (χ4n) is 1.43. The Labute approximate surface area is 105 Å². The van der Waals surface area contributed by atoms with Gasteiger partial charge in [-0.05, 0) is 12.5 Å².